The zero-order valence-electron chi connectivity index (χ0n) is 12.1. The van der Waals surface area contributed by atoms with Crippen LogP contribution in [-0.4, -0.2) is 48.4 Å². The molecule has 2 rings (SSSR count). The largest absolute Gasteiger partial charge is 0.340 e. The summed E-state index contributed by atoms with van der Waals surface area (Å²) in [4.78, 5) is 16.6. The molecule has 1 aromatic carbocycles. The summed E-state index contributed by atoms with van der Waals surface area (Å²) in [6.45, 7) is 9.20. The van der Waals surface area contributed by atoms with Crippen molar-refractivity contribution in [1.29, 1.82) is 0 Å². The fourth-order valence-corrected chi connectivity index (χ4v) is 2.60. The first-order valence-electron chi connectivity index (χ1n) is 7.25. The van der Waals surface area contributed by atoms with Crippen molar-refractivity contribution in [3.63, 3.8) is 0 Å². The second kappa shape index (κ2) is 6.71. The Morgan fingerprint density at radius 1 is 1.16 bits per heavy atom. The maximum absolute atomic E-state index is 12.2. The van der Waals surface area contributed by atoms with Gasteiger partial charge >= 0.3 is 0 Å². The topological polar surface area (TPSA) is 23.6 Å². The molecule has 19 heavy (non-hydrogen) atoms. The Hall–Kier alpha value is -1.35. The number of aryl methyl sites for hydroxylation is 2. The summed E-state index contributed by atoms with van der Waals surface area (Å²) in [6, 6.07) is 8.33. The third kappa shape index (κ3) is 3.80. The molecule has 1 aliphatic rings. The average molecular weight is 260 g/mol. The van der Waals surface area contributed by atoms with Crippen LogP contribution in [-0.2, 0) is 11.2 Å². The predicted molar refractivity (Wildman–Crippen MR) is 78.2 cm³/mol. The number of hydrogen-bond donors (Lipinski definition) is 0. The first kappa shape index (κ1) is 14.1. The van der Waals surface area contributed by atoms with Gasteiger partial charge in [0.25, 0.3) is 0 Å². The molecule has 0 bridgehead atoms. The smallest absolute Gasteiger partial charge is 0.222 e. The van der Waals surface area contributed by atoms with E-state index in [2.05, 4.69) is 30.9 Å². The average Bonchev–Trinajstić information content (AvgIpc) is 2.46. The van der Waals surface area contributed by atoms with Crippen molar-refractivity contribution < 1.29 is 4.79 Å². The molecule has 0 unspecified atom stereocenters. The normalized spacial score (nSPS) is 16.6. The monoisotopic (exact) mass is 260 g/mol. The van der Waals surface area contributed by atoms with Gasteiger partial charge in [-0.05, 0) is 31.0 Å². The van der Waals surface area contributed by atoms with Crippen molar-refractivity contribution in [3.8, 4) is 0 Å². The van der Waals surface area contributed by atoms with Gasteiger partial charge in [0.05, 0.1) is 0 Å². The molecule has 0 atom stereocenters. The molecule has 1 aromatic rings. The lowest BCUT2D eigenvalue weighted by molar-refractivity contribution is -0.132. The van der Waals surface area contributed by atoms with Crippen LogP contribution in [0.4, 0.5) is 0 Å². The molecular formula is C16H24N2O. The number of rotatable bonds is 4. The van der Waals surface area contributed by atoms with Crippen LogP contribution >= 0.6 is 0 Å². The summed E-state index contributed by atoms with van der Waals surface area (Å²) in [5.74, 6) is 0.305. The summed E-state index contributed by atoms with van der Waals surface area (Å²) in [5, 5.41) is 0. The van der Waals surface area contributed by atoms with Crippen LogP contribution in [0.2, 0.25) is 0 Å². The van der Waals surface area contributed by atoms with Gasteiger partial charge in [-0.3, -0.25) is 4.79 Å². The summed E-state index contributed by atoms with van der Waals surface area (Å²) in [6.07, 6.45) is 1.50. The first-order chi connectivity index (χ1) is 9.20. The molecular weight excluding hydrogens is 236 g/mol. The number of amides is 1. The van der Waals surface area contributed by atoms with Gasteiger partial charge in [0, 0.05) is 32.6 Å². The molecule has 0 aromatic heterocycles. The zero-order valence-corrected chi connectivity index (χ0v) is 12.1. The SMILES string of the molecule is CCN1CCN(C(=O)CCc2ccccc2C)CC1. The summed E-state index contributed by atoms with van der Waals surface area (Å²) >= 11 is 0. The number of carbonyl (C=O) groups is 1. The quantitative estimate of drug-likeness (QED) is 0.827. The number of nitrogens with zero attached hydrogens (tertiary/aromatic N) is 2. The minimum Gasteiger partial charge on any atom is -0.340 e. The highest BCUT2D eigenvalue weighted by Gasteiger charge is 2.19. The van der Waals surface area contributed by atoms with Gasteiger partial charge in [0.2, 0.25) is 5.91 Å². The Morgan fingerprint density at radius 2 is 1.84 bits per heavy atom. The van der Waals surface area contributed by atoms with E-state index < -0.39 is 0 Å². The van der Waals surface area contributed by atoms with E-state index in [9.17, 15) is 4.79 Å². The van der Waals surface area contributed by atoms with Gasteiger partial charge in [-0.1, -0.05) is 31.2 Å². The number of carbonyl (C=O) groups excluding carboxylic acids is 1. The molecule has 0 saturated carbocycles. The third-order valence-corrected chi connectivity index (χ3v) is 4.04. The molecule has 1 amide bonds. The Kier molecular flexibility index (Phi) is 4.97. The van der Waals surface area contributed by atoms with Gasteiger partial charge in [-0.15, -0.1) is 0 Å². The Balaban J connectivity index is 1.81. The van der Waals surface area contributed by atoms with E-state index >= 15 is 0 Å². The molecule has 0 spiro atoms. The maximum Gasteiger partial charge on any atom is 0.222 e. The highest BCUT2D eigenvalue weighted by molar-refractivity contribution is 5.76. The fraction of sp³-hybridized carbons (Fsp3) is 0.562. The predicted octanol–water partition coefficient (Wildman–Crippen LogP) is 2.09. The number of hydrogen-bond acceptors (Lipinski definition) is 2. The summed E-state index contributed by atoms with van der Waals surface area (Å²) in [5.41, 5.74) is 2.58. The van der Waals surface area contributed by atoms with Crippen molar-refractivity contribution in [3.05, 3.63) is 35.4 Å². The van der Waals surface area contributed by atoms with E-state index in [4.69, 9.17) is 0 Å². The lowest BCUT2D eigenvalue weighted by atomic mass is 10.0. The molecule has 0 aliphatic carbocycles. The molecule has 0 radical (unpaired) electrons. The molecule has 3 heteroatoms. The van der Waals surface area contributed by atoms with Crippen LogP contribution in [0, 0.1) is 6.92 Å². The van der Waals surface area contributed by atoms with Crippen molar-refractivity contribution >= 4 is 5.91 Å². The van der Waals surface area contributed by atoms with Crippen LogP contribution in [0.1, 0.15) is 24.5 Å². The highest BCUT2D eigenvalue weighted by atomic mass is 16.2. The van der Waals surface area contributed by atoms with E-state index in [1.54, 1.807) is 0 Å². The van der Waals surface area contributed by atoms with E-state index in [1.165, 1.54) is 11.1 Å². The molecule has 0 N–H and O–H groups in total. The van der Waals surface area contributed by atoms with Crippen molar-refractivity contribution in [2.45, 2.75) is 26.7 Å². The second-order valence-corrected chi connectivity index (χ2v) is 5.24. The highest BCUT2D eigenvalue weighted by Crippen LogP contribution is 2.11. The van der Waals surface area contributed by atoms with Gasteiger partial charge < -0.3 is 9.80 Å². The lowest BCUT2D eigenvalue weighted by Gasteiger charge is -2.34. The Labute approximate surface area is 116 Å². The minimum atomic E-state index is 0.305. The van der Waals surface area contributed by atoms with E-state index in [1.807, 2.05) is 17.0 Å². The third-order valence-electron chi connectivity index (χ3n) is 4.04. The van der Waals surface area contributed by atoms with E-state index in [0.717, 1.165) is 39.1 Å². The zero-order chi connectivity index (χ0) is 13.7. The van der Waals surface area contributed by atoms with E-state index in [-0.39, 0.29) is 0 Å². The van der Waals surface area contributed by atoms with Crippen LogP contribution in [0.5, 0.6) is 0 Å². The first-order valence-corrected chi connectivity index (χ1v) is 7.25. The van der Waals surface area contributed by atoms with Crippen LogP contribution in [0.3, 0.4) is 0 Å². The van der Waals surface area contributed by atoms with Gasteiger partial charge in [-0.25, -0.2) is 0 Å². The standard InChI is InChI=1S/C16H24N2O/c1-3-17-10-12-18(13-11-17)16(19)9-8-15-7-5-4-6-14(15)2/h4-7H,3,8-13H2,1-2H3. The van der Waals surface area contributed by atoms with Crippen molar-refractivity contribution in [2.75, 3.05) is 32.7 Å². The van der Waals surface area contributed by atoms with Crippen molar-refractivity contribution in [2.24, 2.45) is 0 Å². The second-order valence-electron chi connectivity index (χ2n) is 5.24. The number of piperazine rings is 1. The van der Waals surface area contributed by atoms with Crippen LogP contribution < -0.4 is 0 Å². The Bertz CT molecular complexity index is 423. The van der Waals surface area contributed by atoms with Gasteiger partial charge in [0.1, 0.15) is 0 Å². The van der Waals surface area contributed by atoms with Gasteiger partial charge in [0.15, 0.2) is 0 Å². The number of benzene rings is 1. The fourth-order valence-electron chi connectivity index (χ4n) is 2.60. The molecule has 3 nitrogen and oxygen atoms in total. The van der Waals surface area contributed by atoms with E-state index in [0.29, 0.717) is 12.3 Å². The van der Waals surface area contributed by atoms with Gasteiger partial charge in [-0.2, -0.15) is 0 Å². The lowest BCUT2D eigenvalue weighted by Crippen LogP contribution is -2.48. The molecule has 1 saturated heterocycles. The Morgan fingerprint density at radius 3 is 2.47 bits per heavy atom. The molecule has 1 aliphatic heterocycles. The molecule has 1 heterocycles. The number of likely N-dealkylation sites (N-methyl/N-ethyl adjacent to an activating group) is 1. The molecule has 1 fully saturated rings. The van der Waals surface area contributed by atoms with Crippen LogP contribution in [0.25, 0.3) is 0 Å². The summed E-state index contributed by atoms with van der Waals surface area (Å²) < 4.78 is 0. The summed E-state index contributed by atoms with van der Waals surface area (Å²) in [7, 11) is 0. The molecule has 104 valence electrons. The van der Waals surface area contributed by atoms with Crippen molar-refractivity contribution in [1.82, 2.24) is 9.80 Å². The van der Waals surface area contributed by atoms with Crippen LogP contribution in [0.15, 0.2) is 24.3 Å². The minimum absolute atomic E-state index is 0.305. The maximum atomic E-state index is 12.2.